The monoisotopic (exact) mass is 117 g/mol. The maximum atomic E-state index is 4.57. The molecule has 0 aliphatic heterocycles. The first kappa shape index (κ1) is 9.67. The first-order chi connectivity index (χ1) is 1.91. The van der Waals surface area contributed by atoms with Crippen molar-refractivity contribution in [1.82, 2.24) is 0 Å². The van der Waals surface area contributed by atoms with Crippen LogP contribution in [-0.2, 0) is 24.9 Å². The Hall–Kier alpha value is 1.44. The zero-order chi connectivity index (χ0) is 3.41. The summed E-state index contributed by atoms with van der Waals surface area (Å²) in [6.07, 6.45) is 0. The second-order valence-corrected chi connectivity index (χ2v) is 0.901. The molecule has 0 rings (SSSR count). The quantitative estimate of drug-likeness (QED) is 0.443. The Labute approximate surface area is 60.3 Å². The molecule has 0 aromatic carbocycles. The van der Waals surface area contributed by atoms with E-state index in [1.165, 1.54) is 22.1 Å². The SMILES string of the molecule is CC[O][Mg].[Ti]. The third-order valence-electron chi connectivity index (χ3n) is 0.204. The maximum absolute atomic E-state index is 4.57. The van der Waals surface area contributed by atoms with Gasteiger partial charge in [0.25, 0.3) is 0 Å². The van der Waals surface area contributed by atoms with Crippen LogP contribution in [0.3, 0.4) is 0 Å². The first-order valence-corrected chi connectivity index (χ1v) is 1.86. The molecule has 0 aromatic heterocycles. The van der Waals surface area contributed by atoms with Gasteiger partial charge in [-0.25, -0.2) is 0 Å². The molecule has 0 heterocycles. The summed E-state index contributed by atoms with van der Waals surface area (Å²) in [5.41, 5.74) is 0. The van der Waals surface area contributed by atoms with Crippen molar-refractivity contribution in [2.45, 2.75) is 6.92 Å². The number of rotatable bonds is 1. The van der Waals surface area contributed by atoms with Gasteiger partial charge in [-0.15, -0.1) is 0 Å². The topological polar surface area (TPSA) is 9.23 Å². The molecular weight excluding hydrogens is 112 g/mol. The molecule has 0 saturated carbocycles. The molecule has 0 bridgehead atoms. The molecule has 0 aliphatic carbocycles. The van der Waals surface area contributed by atoms with Gasteiger partial charge < -0.3 is 3.17 Å². The van der Waals surface area contributed by atoms with E-state index in [4.69, 9.17) is 0 Å². The Balaban J connectivity index is 0. The Morgan fingerprint density at radius 2 is 2.00 bits per heavy atom. The van der Waals surface area contributed by atoms with Crippen LogP contribution in [-0.4, -0.2) is 28.7 Å². The van der Waals surface area contributed by atoms with E-state index < -0.39 is 0 Å². The summed E-state index contributed by atoms with van der Waals surface area (Å²) in [5.74, 6) is 0. The number of hydrogen-bond acceptors (Lipinski definition) is 1. The third kappa shape index (κ3) is 10.8. The molecule has 25 valence electrons. The van der Waals surface area contributed by atoms with Gasteiger partial charge in [-0.3, -0.25) is 0 Å². The Kier molecular flexibility index (Phi) is 17.5. The zero-order valence-electron chi connectivity index (χ0n) is 3.32. The van der Waals surface area contributed by atoms with Gasteiger partial charge in [0.2, 0.25) is 0 Å². The van der Waals surface area contributed by atoms with Crippen molar-refractivity contribution in [3.63, 3.8) is 0 Å². The summed E-state index contributed by atoms with van der Waals surface area (Å²) in [4.78, 5) is 0. The van der Waals surface area contributed by atoms with Crippen LogP contribution in [0.1, 0.15) is 6.92 Å². The van der Waals surface area contributed by atoms with Gasteiger partial charge in [-0.05, 0) is 13.5 Å². The summed E-state index contributed by atoms with van der Waals surface area (Å²) in [6.45, 7) is 2.80. The predicted molar refractivity (Wildman–Crippen MR) is 17.4 cm³/mol. The minimum Gasteiger partial charge on any atom is -0.584 e. The van der Waals surface area contributed by atoms with E-state index in [0.29, 0.717) is 0 Å². The fourth-order valence-corrected chi connectivity index (χ4v) is 0. The van der Waals surface area contributed by atoms with Crippen LogP contribution in [0.2, 0.25) is 0 Å². The molecule has 5 heavy (non-hydrogen) atoms. The van der Waals surface area contributed by atoms with Crippen LogP contribution < -0.4 is 0 Å². The second-order valence-electron chi connectivity index (χ2n) is 0.493. The van der Waals surface area contributed by atoms with Crippen molar-refractivity contribution in [2.75, 3.05) is 6.61 Å². The van der Waals surface area contributed by atoms with E-state index in [0.717, 1.165) is 6.61 Å². The standard InChI is InChI=1S/C2H5O.Mg.Ti/c1-2-3;;/h2H2,1H3;;/q-1;+1;. The average molecular weight is 117 g/mol. The smallest absolute Gasteiger partial charge is 0.452 e. The molecule has 0 saturated heterocycles. The third-order valence-corrected chi connectivity index (χ3v) is 0.612. The zero-order valence-corrected chi connectivity index (χ0v) is 6.30. The maximum Gasteiger partial charge on any atom is 0.452 e. The van der Waals surface area contributed by atoms with E-state index in [1.807, 2.05) is 6.92 Å². The summed E-state index contributed by atoms with van der Waals surface area (Å²) in [6, 6.07) is 0. The molecule has 0 fully saturated rings. The van der Waals surface area contributed by atoms with Gasteiger partial charge in [0, 0.05) is 21.7 Å². The molecule has 3 heteroatoms. The van der Waals surface area contributed by atoms with E-state index in [9.17, 15) is 0 Å². The van der Waals surface area contributed by atoms with Crippen molar-refractivity contribution < 1.29 is 24.9 Å². The number of hydrogen-bond donors (Lipinski definition) is 0. The minimum atomic E-state index is 0. The van der Waals surface area contributed by atoms with E-state index >= 15 is 0 Å². The summed E-state index contributed by atoms with van der Waals surface area (Å²) < 4.78 is 4.57. The van der Waals surface area contributed by atoms with Gasteiger partial charge in [0.1, 0.15) is 0 Å². The molecule has 0 atom stereocenters. The van der Waals surface area contributed by atoms with Crippen molar-refractivity contribution >= 4 is 22.1 Å². The molecule has 0 unspecified atom stereocenters. The molecule has 0 N–H and O–H groups in total. The Morgan fingerprint density at radius 1 is 1.80 bits per heavy atom. The Bertz CT molecular complexity index is 11.6. The summed E-state index contributed by atoms with van der Waals surface area (Å²) in [5, 5.41) is 0. The predicted octanol–water partition coefficient (Wildman–Crippen LogP) is 0.104. The molecule has 1 nitrogen and oxygen atoms in total. The van der Waals surface area contributed by atoms with E-state index in [-0.39, 0.29) is 21.7 Å². The fraction of sp³-hybridized carbons (Fsp3) is 1.00. The Morgan fingerprint density at radius 3 is 2.00 bits per heavy atom. The molecular formula is C2H5MgOTi. The fourth-order valence-electron chi connectivity index (χ4n) is 0. The van der Waals surface area contributed by atoms with Crippen molar-refractivity contribution in [1.29, 1.82) is 0 Å². The second kappa shape index (κ2) is 9.06. The van der Waals surface area contributed by atoms with Crippen LogP contribution in [0.4, 0.5) is 0 Å². The van der Waals surface area contributed by atoms with Gasteiger partial charge in [-0.1, -0.05) is 0 Å². The summed E-state index contributed by atoms with van der Waals surface area (Å²) >= 11 is 1.52. The van der Waals surface area contributed by atoms with Crippen molar-refractivity contribution in [3.8, 4) is 0 Å². The van der Waals surface area contributed by atoms with Crippen molar-refractivity contribution in [2.24, 2.45) is 0 Å². The summed E-state index contributed by atoms with van der Waals surface area (Å²) in [7, 11) is 0. The molecule has 0 amide bonds. The molecule has 0 spiro atoms. The normalized spacial score (nSPS) is 5.60. The van der Waals surface area contributed by atoms with Gasteiger partial charge in [0.05, 0.1) is 0 Å². The van der Waals surface area contributed by atoms with Crippen molar-refractivity contribution in [3.05, 3.63) is 0 Å². The molecule has 1 radical (unpaired) electrons. The van der Waals surface area contributed by atoms with Gasteiger partial charge in [-0.2, -0.15) is 0 Å². The van der Waals surface area contributed by atoms with Crippen LogP contribution in [0.25, 0.3) is 0 Å². The van der Waals surface area contributed by atoms with E-state index in [2.05, 4.69) is 3.17 Å². The molecule has 0 aliphatic rings. The van der Waals surface area contributed by atoms with Crippen LogP contribution >= 0.6 is 0 Å². The van der Waals surface area contributed by atoms with Crippen LogP contribution in [0, 0.1) is 0 Å². The minimum absolute atomic E-state index is 0. The molecule has 0 aromatic rings. The average Bonchev–Trinajstić information content (AvgIpc) is 1.37. The van der Waals surface area contributed by atoms with Crippen LogP contribution in [0.15, 0.2) is 0 Å². The first-order valence-electron chi connectivity index (χ1n) is 1.28. The van der Waals surface area contributed by atoms with Crippen LogP contribution in [0.5, 0.6) is 0 Å². The largest absolute Gasteiger partial charge is 0.584 e. The van der Waals surface area contributed by atoms with E-state index in [1.54, 1.807) is 0 Å². The van der Waals surface area contributed by atoms with Gasteiger partial charge in [0.15, 0.2) is 0 Å². The van der Waals surface area contributed by atoms with Gasteiger partial charge >= 0.3 is 22.1 Å².